The van der Waals surface area contributed by atoms with Gasteiger partial charge in [-0.05, 0) is 37.5 Å². The maximum Gasteiger partial charge on any atom is 0.336 e. The molecule has 2 unspecified atom stereocenters. The summed E-state index contributed by atoms with van der Waals surface area (Å²) < 4.78 is 16.6. The molecule has 0 amide bonds. The minimum Gasteiger partial charge on any atom is -0.465 e. The Kier molecular flexibility index (Phi) is 10.1. The zero-order chi connectivity index (χ0) is 18.8. The van der Waals surface area contributed by atoms with Gasteiger partial charge in [0.15, 0.2) is 6.10 Å². The molecule has 146 valence electrons. The van der Waals surface area contributed by atoms with E-state index in [-0.39, 0.29) is 23.7 Å². The van der Waals surface area contributed by atoms with Crippen molar-refractivity contribution >= 4 is 11.9 Å². The first-order chi connectivity index (χ1) is 11.9. The van der Waals surface area contributed by atoms with Gasteiger partial charge >= 0.3 is 11.9 Å². The van der Waals surface area contributed by atoms with Crippen molar-refractivity contribution in [2.24, 2.45) is 23.7 Å². The van der Waals surface area contributed by atoms with Crippen molar-refractivity contribution in [1.29, 1.82) is 0 Å². The molecule has 0 aromatic rings. The van der Waals surface area contributed by atoms with Crippen molar-refractivity contribution in [3.05, 3.63) is 0 Å². The second-order valence-corrected chi connectivity index (χ2v) is 7.85. The summed E-state index contributed by atoms with van der Waals surface area (Å²) in [5, 5.41) is 0. The molecule has 1 rings (SSSR count). The summed E-state index contributed by atoms with van der Waals surface area (Å²) in [6.45, 7) is 10.9. The van der Waals surface area contributed by atoms with Gasteiger partial charge in [0.05, 0.1) is 19.1 Å². The van der Waals surface area contributed by atoms with Gasteiger partial charge in [-0.25, -0.2) is 4.79 Å². The number of rotatable bonds is 10. The Morgan fingerprint density at radius 2 is 1.40 bits per heavy atom. The molecule has 0 radical (unpaired) electrons. The third-order valence-electron chi connectivity index (χ3n) is 4.45. The summed E-state index contributed by atoms with van der Waals surface area (Å²) in [6, 6.07) is 0. The zero-order valence-corrected chi connectivity index (χ0v) is 16.6. The molecule has 1 aliphatic carbocycles. The fourth-order valence-electron chi connectivity index (χ4n) is 3.23. The van der Waals surface area contributed by atoms with E-state index in [4.69, 9.17) is 14.2 Å². The highest BCUT2D eigenvalue weighted by atomic mass is 16.6. The lowest BCUT2D eigenvalue weighted by atomic mass is 9.77. The Labute approximate surface area is 152 Å². The zero-order valence-electron chi connectivity index (χ0n) is 16.6. The van der Waals surface area contributed by atoms with Gasteiger partial charge in [-0.1, -0.05) is 47.0 Å². The van der Waals surface area contributed by atoms with Crippen LogP contribution in [0.3, 0.4) is 0 Å². The minimum atomic E-state index is -0.869. The van der Waals surface area contributed by atoms with E-state index in [0.29, 0.717) is 19.8 Å². The van der Waals surface area contributed by atoms with Gasteiger partial charge in [0.1, 0.15) is 0 Å². The van der Waals surface area contributed by atoms with Gasteiger partial charge in [-0.15, -0.1) is 0 Å². The number of esters is 2. The quantitative estimate of drug-likeness (QED) is 0.554. The van der Waals surface area contributed by atoms with E-state index in [1.165, 1.54) is 6.42 Å². The molecule has 0 aromatic heterocycles. The van der Waals surface area contributed by atoms with E-state index in [1.807, 2.05) is 34.6 Å². The lowest BCUT2D eigenvalue weighted by molar-refractivity contribution is -0.175. The van der Waals surface area contributed by atoms with E-state index in [9.17, 15) is 9.59 Å². The second-order valence-electron chi connectivity index (χ2n) is 7.85. The Balaban J connectivity index is 2.93. The molecule has 1 saturated carbocycles. The normalized spacial score (nSPS) is 18.2. The smallest absolute Gasteiger partial charge is 0.336 e. The fourth-order valence-corrected chi connectivity index (χ4v) is 3.23. The summed E-state index contributed by atoms with van der Waals surface area (Å²) in [4.78, 5) is 25.4. The lowest BCUT2D eigenvalue weighted by Crippen LogP contribution is -2.44. The van der Waals surface area contributed by atoms with E-state index >= 15 is 0 Å². The monoisotopic (exact) mass is 356 g/mol. The molecule has 1 fully saturated rings. The maximum atomic E-state index is 12.8. The number of carbonyl (C=O) groups is 2. The van der Waals surface area contributed by atoms with Crippen LogP contribution in [0.5, 0.6) is 0 Å². The highest BCUT2D eigenvalue weighted by Gasteiger charge is 2.42. The lowest BCUT2D eigenvalue weighted by Gasteiger charge is -2.33. The molecule has 25 heavy (non-hydrogen) atoms. The summed E-state index contributed by atoms with van der Waals surface area (Å²) in [7, 11) is 0. The van der Waals surface area contributed by atoms with Crippen molar-refractivity contribution in [2.75, 3.05) is 19.8 Å². The highest BCUT2D eigenvalue weighted by Crippen LogP contribution is 2.34. The fraction of sp³-hybridized carbons (Fsp3) is 0.900. The molecular weight excluding hydrogens is 320 g/mol. The van der Waals surface area contributed by atoms with E-state index in [1.54, 1.807) is 0 Å². The molecule has 0 saturated heterocycles. The Morgan fingerprint density at radius 3 is 1.88 bits per heavy atom. The molecule has 5 nitrogen and oxygen atoms in total. The Hall–Kier alpha value is -1.10. The minimum absolute atomic E-state index is 0.122. The molecule has 0 spiro atoms. The number of hydrogen-bond acceptors (Lipinski definition) is 5. The molecule has 0 N–H and O–H groups in total. The molecule has 1 aliphatic rings. The SMILES string of the molecule is CCOC(C(=O)OCC(C)C)C(C(=O)OCC(C)C)C1CCCCC1. The van der Waals surface area contributed by atoms with Crippen molar-refractivity contribution in [2.45, 2.75) is 72.8 Å². The van der Waals surface area contributed by atoms with Gasteiger partial charge in [0.2, 0.25) is 0 Å². The van der Waals surface area contributed by atoms with Crippen LogP contribution in [0.1, 0.15) is 66.7 Å². The van der Waals surface area contributed by atoms with Crippen molar-refractivity contribution < 1.29 is 23.8 Å². The Morgan fingerprint density at radius 1 is 0.880 bits per heavy atom. The summed E-state index contributed by atoms with van der Waals surface area (Å²) in [5.74, 6) is -0.704. The van der Waals surface area contributed by atoms with Crippen molar-refractivity contribution in [1.82, 2.24) is 0 Å². The molecule has 0 bridgehead atoms. The largest absolute Gasteiger partial charge is 0.465 e. The molecule has 2 atom stereocenters. The van der Waals surface area contributed by atoms with Crippen LogP contribution in [0.4, 0.5) is 0 Å². The second kappa shape index (κ2) is 11.5. The van der Waals surface area contributed by atoms with Crippen LogP contribution < -0.4 is 0 Å². The first-order valence-electron chi connectivity index (χ1n) is 9.81. The predicted octanol–water partition coefficient (Wildman–Crippen LogP) is 3.99. The number of hydrogen-bond donors (Lipinski definition) is 0. The van der Waals surface area contributed by atoms with Crippen LogP contribution in [0.2, 0.25) is 0 Å². The van der Waals surface area contributed by atoms with E-state index in [2.05, 4.69) is 0 Å². The van der Waals surface area contributed by atoms with Gasteiger partial charge in [0, 0.05) is 6.61 Å². The first kappa shape index (κ1) is 21.9. The summed E-state index contributed by atoms with van der Waals surface area (Å²) in [5.41, 5.74) is 0. The summed E-state index contributed by atoms with van der Waals surface area (Å²) in [6.07, 6.45) is 4.34. The van der Waals surface area contributed by atoms with Crippen LogP contribution >= 0.6 is 0 Å². The molecule has 5 heteroatoms. The van der Waals surface area contributed by atoms with Crippen LogP contribution in [-0.4, -0.2) is 37.9 Å². The van der Waals surface area contributed by atoms with Gasteiger partial charge in [-0.2, -0.15) is 0 Å². The topological polar surface area (TPSA) is 61.8 Å². The predicted molar refractivity (Wildman–Crippen MR) is 97.1 cm³/mol. The van der Waals surface area contributed by atoms with Crippen LogP contribution in [0.25, 0.3) is 0 Å². The van der Waals surface area contributed by atoms with Crippen molar-refractivity contribution in [3.63, 3.8) is 0 Å². The molecule has 0 heterocycles. The van der Waals surface area contributed by atoms with Crippen molar-refractivity contribution in [3.8, 4) is 0 Å². The average molecular weight is 357 g/mol. The van der Waals surface area contributed by atoms with Crippen LogP contribution in [0, 0.1) is 23.7 Å². The van der Waals surface area contributed by atoms with Gasteiger partial charge in [-0.3, -0.25) is 4.79 Å². The number of carbonyl (C=O) groups excluding carboxylic acids is 2. The standard InChI is InChI=1S/C20H36O5/c1-6-23-18(20(22)25-13-15(4)5)17(16-10-8-7-9-11-16)19(21)24-12-14(2)3/h14-18H,6-13H2,1-5H3. The van der Waals surface area contributed by atoms with E-state index in [0.717, 1.165) is 25.7 Å². The highest BCUT2D eigenvalue weighted by molar-refractivity contribution is 5.84. The molecule has 0 aromatic carbocycles. The maximum absolute atomic E-state index is 12.8. The Bertz CT molecular complexity index is 399. The molecular formula is C20H36O5. The van der Waals surface area contributed by atoms with Gasteiger partial charge < -0.3 is 14.2 Å². The van der Waals surface area contributed by atoms with E-state index < -0.39 is 18.0 Å². The summed E-state index contributed by atoms with van der Waals surface area (Å²) >= 11 is 0. The third kappa shape index (κ3) is 7.76. The van der Waals surface area contributed by atoms with Gasteiger partial charge in [0.25, 0.3) is 0 Å². The number of ether oxygens (including phenoxy) is 3. The van der Waals surface area contributed by atoms with Crippen LogP contribution in [0.15, 0.2) is 0 Å². The third-order valence-corrected chi connectivity index (χ3v) is 4.45. The average Bonchev–Trinajstić information content (AvgIpc) is 2.58. The first-order valence-corrected chi connectivity index (χ1v) is 9.81. The molecule has 0 aliphatic heterocycles. The van der Waals surface area contributed by atoms with Crippen LogP contribution in [-0.2, 0) is 23.8 Å².